The molecule has 8 heteroatoms. The van der Waals surface area contributed by atoms with Gasteiger partial charge in [-0.3, -0.25) is 14.0 Å². The van der Waals surface area contributed by atoms with Gasteiger partial charge in [0.05, 0.1) is 36.1 Å². The van der Waals surface area contributed by atoms with Crippen LogP contribution in [0.25, 0.3) is 16.9 Å². The summed E-state index contributed by atoms with van der Waals surface area (Å²) in [7, 11) is 3.45. The molecule has 4 aromatic rings. The molecule has 4 rings (SSSR count). The van der Waals surface area contributed by atoms with Crippen molar-refractivity contribution in [3.05, 3.63) is 72.6 Å². The Hall–Kier alpha value is -3.52. The molecule has 0 bridgehead atoms. The van der Waals surface area contributed by atoms with Crippen molar-refractivity contribution in [3.63, 3.8) is 0 Å². The predicted molar refractivity (Wildman–Crippen MR) is 123 cm³/mol. The van der Waals surface area contributed by atoms with Gasteiger partial charge in [0.25, 0.3) is 0 Å². The zero-order valence-corrected chi connectivity index (χ0v) is 18.4. The van der Waals surface area contributed by atoms with Gasteiger partial charge < -0.3 is 10.1 Å². The number of anilines is 1. The Labute approximate surface area is 185 Å². The van der Waals surface area contributed by atoms with E-state index in [1.807, 2.05) is 78.4 Å². The third-order valence-electron chi connectivity index (χ3n) is 4.73. The second-order valence-electron chi connectivity index (χ2n) is 6.93. The minimum atomic E-state index is -0.121. The van der Waals surface area contributed by atoms with Crippen molar-refractivity contribution in [2.45, 2.75) is 12.1 Å². The van der Waals surface area contributed by atoms with Gasteiger partial charge in [-0.1, -0.05) is 54.2 Å². The first-order chi connectivity index (χ1) is 15.1. The molecular weight excluding hydrogens is 410 g/mol. The summed E-state index contributed by atoms with van der Waals surface area (Å²) in [6, 6.07) is 19.7. The van der Waals surface area contributed by atoms with Crippen molar-refractivity contribution >= 4 is 23.5 Å². The number of hydrogen-bond acceptors (Lipinski definition) is 5. The standard InChI is InChI=1S/C23H23N5O2S/c1-16-13-21(27(2)26-16)25-22(29)15-31-23-24-14-19(17-9-5-4-6-10-17)28(23)18-11-7-8-12-20(18)30-3/h4-14H,15H2,1-3H3,(H,25,29). The number of rotatable bonds is 7. The zero-order valence-electron chi connectivity index (χ0n) is 17.6. The highest BCUT2D eigenvalue weighted by molar-refractivity contribution is 7.99. The summed E-state index contributed by atoms with van der Waals surface area (Å²) in [5.41, 5.74) is 3.68. The normalized spacial score (nSPS) is 10.8. The molecule has 7 nitrogen and oxygen atoms in total. The second kappa shape index (κ2) is 9.09. The van der Waals surface area contributed by atoms with Crippen LogP contribution in [0.1, 0.15) is 5.69 Å². The number of methoxy groups -OCH3 is 1. The summed E-state index contributed by atoms with van der Waals surface area (Å²) in [5, 5.41) is 7.87. The summed E-state index contributed by atoms with van der Waals surface area (Å²) in [5.74, 6) is 1.49. The minimum Gasteiger partial charge on any atom is -0.495 e. The van der Waals surface area contributed by atoms with Crippen molar-refractivity contribution in [2.24, 2.45) is 7.05 Å². The van der Waals surface area contributed by atoms with E-state index in [0.717, 1.165) is 28.4 Å². The molecule has 0 aliphatic heterocycles. The molecule has 0 radical (unpaired) electrons. The summed E-state index contributed by atoms with van der Waals surface area (Å²) in [4.78, 5) is 17.2. The fourth-order valence-electron chi connectivity index (χ4n) is 3.33. The van der Waals surface area contributed by atoms with Crippen LogP contribution in [-0.2, 0) is 11.8 Å². The van der Waals surface area contributed by atoms with E-state index >= 15 is 0 Å². The lowest BCUT2D eigenvalue weighted by Gasteiger charge is -2.15. The van der Waals surface area contributed by atoms with Crippen molar-refractivity contribution in [1.29, 1.82) is 0 Å². The van der Waals surface area contributed by atoms with Crippen molar-refractivity contribution in [3.8, 4) is 22.7 Å². The van der Waals surface area contributed by atoms with E-state index in [-0.39, 0.29) is 11.7 Å². The van der Waals surface area contributed by atoms with E-state index in [0.29, 0.717) is 11.0 Å². The van der Waals surface area contributed by atoms with Crippen LogP contribution >= 0.6 is 11.8 Å². The van der Waals surface area contributed by atoms with Crippen LogP contribution in [0, 0.1) is 6.92 Å². The monoisotopic (exact) mass is 433 g/mol. The van der Waals surface area contributed by atoms with E-state index in [1.165, 1.54) is 11.8 Å². The van der Waals surface area contributed by atoms with E-state index in [1.54, 1.807) is 18.8 Å². The lowest BCUT2D eigenvalue weighted by atomic mass is 10.1. The smallest absolute Gasteiger partial charge is 0.235 e. The number of thioether (sulfide) groups is 1. The number of aryl methyl sites for hydroxylation is 2. The lowest BCUT2D eigenvalue weighted by molar-refractivity contribution is -0.113. The maximum Gasteiger partial charge on any atom is 0.235 e. The molecular formula is C23H23N5O2S. The molecule has 158 valence electrons. The fourth-order valence-corrected chi connectivity index (χ4v) is 4.12. The number of carbonyl (C=O) groups is 1. The second-order valence-corrected chi connectivity index (χ2v) is 7.87. The molecule has 2 aromatic heterocycles. The highest BCUT2D eigenvalue weighted by Gasteiger charge is 2.18. The molecule has 0 saturated heterocycles. The number of aromatic nitrogens is 4. The molecule has 0 saturated carbocycles. The van der Waals surface area contributed by atoms with Crippen molar-refractivity contribution < 1.29 is 9.53 Å². The van der Waals surface area contributed by atoms with Crippen LogP contribution in [0.3, 0.4) is 0 Å². The van der Waals surface area contributed by atoms with Gasteiger partial charge in [0, 0.05) is 18.7 Å². The van der Waals surface area contributed by atoms with Crippen LogP contribution in [0.5, 0.6) is 5.75 Å². The Balaban J connectivity index is 1.64. The Morgan fingerprint density at radius 3 is 2.58 bits per heavy atom. The SMILES string of the molecule is COc1ccccc1-n1c(-c2ccccc2)cnc1SCC(=O)Nc1cc(C)nn1C. The molecule has 0 unspecified atom stereocenters. The number of nitrogens with zero attached hydrogens (tertiary/aromatic N) is 4. The number of nitrogens with one attached hydrogen (secondary N) is 1. The van der Waals surface area contributed by atoms with Crippen LogP contribution < -0.4 is 10.1 Å². The van der Waals surface area contributed by atoms with Gasteiger partial charge in [-0.05, 0) is 19.1 Å². The maximum absolute atomic E-state index is 12.6. The average molecular weight is 434 g/mol. The average Bonchev–Trinajstić information content (AvgIpc) is 3.35. The quantitative estimate of drug-likeness (QED) is 0.440. The molecule has 1 amide bonds. The highest BCUT2D eigenvalue weighted by atomic mass is 32.2. The van der Waals surface area contributed by atoms with Crippen LogP contribution in [0.2, 0.25) is 0 Å². The van der Waals surface area contributed by atoms with Gasteiger partial charge in [-0.15, -0.1) is 0 Å². The zero-order chi connectivity index (χ0) is 21.8. The van der Waals surface area contributed by atoms with Crippen LogP contribution in [0.4, 0.5) is 5.82 Å². The summed E-state index contributed by atoms with van der Waals surface area (Å²) in [6.45, 7) is 1.89. The van der Waals surface area contributed by atoms with Gasteiger partial charge in [0.2, 0.25) is 5.91 Å². The predicted octanol–water partition coefficient (Wildman–Crippen LogP) is 4.32. The van der Waals surface area contributed by atoms with Crippen molar-refractivity contribution in [1.82, 2.24) is 19.3 Å². The number of hydrogen-bond donors (Lipinski definition) is 1. The Morgan fingerprint density at radius 1 is 1.13 bits per heavy atom. The van der Waals surface area contributed by atoms with Crippen LogP contribution in [-0.4, -0.2) is 38.1 Å². The van der Waals surface area contributed by atoms with Crippen molar-refractivity contribution in [2.75, 3.05) is 18.2 Å². The Kier molecular flexibility index (Phi) is 6.08. The topological polar surface area (TPSA) is 74.0 Å². The molecule has 2 heterocycles. The maximum atomic E-state index is 12.6. The van der Waals surface area contributed by atoms with Gasteiger partial charge >= 0.3 is 0 Å². The number of amides is 1. The van der Waals surface area contributed by atoms with Crippen LogP contribution in [0.15, 0.2) is 72.0 Å². The number of carbonyl (C=O) groups excluding carboxylic acids is 1. The van der Waals surface area contributed by atoms with Gasteiger partial charge in [0.15, 0.2) is 5.16 Å². The van der Waals surface area contributed by atoms with Gasteiger partial charge in [-0.2, -0.15) is 5.10 Å². The van der Waals surface area contributed by atoms with Gasteiger partial charge in [0.1, 0.15) is 11.6 Å². The molecule has 2 aromatic carbocycles. The van der Waals surface area contributed by atoms with E-state index in [4.69, 9.17) is 4.74 Å². The third kappa shape index (κ3) is 4.49. The summed E-state index contributed by atoms with van der Waals surface area (Å²) < 4.78 is 9.27. The molecule has 0 aliphatic carbocycles. The summed E-state index contributed by atoms with van der Waals surface area (Å²) >= 11 is 1.37. The first kappa shape index (κ1) is 20.7. The first-order valence-electron chi connectivity index (χ1n) is 9.76. The van der Waals surface area contributed by atoms with E-state index in [9.17, 15) is 4.79 Å². The summed E-state index contributed by atoms with van der Waals surface area (Å²) in [6.07, 6.45) is 1.83. The lowest BCUT2D eigenvalue weighted by Crippen LogP contribution is -2.16. The highest BCUT2D eigenvalue weighted by Crippen LogP contribution is 2.33. The number of benzene rings is 2. The third-order valence-corrected chi connectivity index (χ3v) is 5.68. The molecule has 0 atom stereocenters. The fraction of sp³-hybridized carbons (Fsp3) is 0.174. The molecule has 31 heavy (non-hydrogen) atoms. The first-order valence-corrected chi connectivity index (χ1v) is 10.7. The molecule has 1 N–H and O–H groups in total. The molecule has 0 fully saturated rings. The number of imidazole rings is 1. The number of ether oxygens (including phenoxy) is 1. The van der Waals surface area contributed by atoms with E-state index < -0.39 is 0 Å². The minimum absolute atomic E-state index is 0.121. The Morgan fingerprint density at radius 2 is 1.87 bits per heavy atom. The largest absolute Gasteiger partial charge is 0.495 e. The van der Waals surface area contributed by atoms with Gasteiger partial charge in [-0.25, -0.2) is 4.98 Å². The number of para-hydroxylation sites is 2. The Bertz CT molecular complexity index is 1200. The molecule has 0 spiro atoms. The van der Waals surface area contributed by atoms with E-state index in [2.05, 4.69) is 15.4 Å². The molecule has 0 aliphatic rings.